The topological polar surface area (TPSA) is 70.6 Å². The molecule has 1 aromatic rings. The number of hydroxylamine groups is 1. The molecule has 21 heavy (non-hydrogen) atoms. The number of rotatable bonds is 5. The van der Waals surface area contributed by atoms with Gasteiger partial charge in [0.05, 0.1) is 12.9 Å². The lowest BCUT2D eigenvalue weighted by atomic mass is 9.97. The lowest BCUT2D eigenvalue weighted by Crippen LogP contribution is -2.19. The van der Waals surface area contributed by atoms with Gasteiger partial charge in [-0.1, -0.05) is 0 Å². The maximum absolute atomic E-state index is 11.2. The maximum atomic E-state index is 11.2. The van der Waals surface area contributed by atoms with Crippen molar-refractivity contribution in [1.82, 2.24) is 5.48 Å². The third kappa shape index (κ3) is 4.12. The monoisotopic (exact) mass is 310 g/mol. The Morgan fingerprint density at radius 1 is 1.43 bits per heavy atom. The number of alkyl halides is 1. The summed E-state index contributed by atoms with van der Waals surface area (Å²) in [5.41, 5.74) is 4.08. The van der Waals surface area contributed by atoms with Crippen molar-refractivity contribution in [2.75, 3.05) is 19.0 Å². The Kier molecular flexibility index (Phi) is 5.47. The van der Waals surface area contributed by atoms with E-state index in [1.165, 1.54) is 5.57 Å². The van der Waals surface area contributed by atoms with E-state index >= 15 is 0 Å². The van der Waals surface area contributed by atoms with Crippen LogP contribution in [-0.2, 0) is 4.74 Å². The molecule has 1 aliphatic rings. The minimum atomic E-state index is -0.525. The Labute approximate surface area is 128 Å². The molecule has 6 heteroatoms. The van der Waals surface area contributed by atoms with Crippen molar-refractivity contribution in [3.8, 4) is 0 Å². The van der Waals surface area contributed by atoms with Crippen LogP contribution < -0.4 is 10.8 Å². The number of hydrogen-bond donors (Lipinski definition) is 3. The summed E-state index contributed by atoms with van der Waals surface area (Å²) >= 11 is 6.20. The standard InChI is InChI=1S/C15H19ClN2O3/c1-21-14-7-4-12(16)8-11(14)9-17-13-5-2-10(3-6-13)15(19)18-20/h2-3,5-6,12,17,20H,4,7-9H2,1H3,(H,18,19). The van der Waals surface area contributed by atoms with Crippen LogP contribution in [0.4, 0.5) is 5.69 Å². The van der Waals surface area contributed by atoms with Crippen LogP contribution in [0.3, 0.4) is 0 Å². The fourth-order valence-electron chi connectivity index (χ4n) is 2.38. The molecule has 0 saturated carbocycles. The summed E-state index contributed by atoms with van der Waals surface area (Å²) in [6.07, 6.45) is 2.64. The fourth-order valence-corrected chi connectivity index (χ4v) is 2.67. The largest absolute Gasteiger partial charge is 0.501 e. The first kappa shape index (κ1) is 15.7. The van der Waals surface area contributed by atoms with E-state index in [-0.39, 0.29) is 5.38 Å². The lowest BCUT2D eigenvalue weighted by Gasteiger charge is -2.23. The molecule has 1 unspecified atom stereocenters. The lowest BCUT2D eigenvalue weighted by molar-refractivity contribution is 0.0706. The van der Waals surface area contributed by atoms with Gasteiger partial charge in [0.2, 0.25) is 0 Å². The van der Waals surface area contributed by atoms with E-state index in [2.05, 4.69) is 5.32 Å². The summed E-state index contributed by atoms with van der Waals surface area (Å²) in [6, 6.07) is 6.87. The second-order valence-corrected chi connectivity index (χ2v) is 5.56. The summed E-state index contributed by atoms with van der Waals surface area (Å²) in [5.74, 6) is 0.485. The van der Waals surface area contributed by atoms with Crippen molar-refractivity contribution in [2.45, 2.75) is 24.6 Å². The van der Waals surface area contributed by atoms with E-state index in [9.17, 15) is 4.79 Å². The highest BCUT2D eigenvalue weighted by atomic mass is 35.5. The molecule has 0 heterocycles. The molecule has 0 spiro atoms. The first-order valence-electron chi connectivity index (χ1n) is 6.81. The van der Waals surface area contributed by atoms with Gasteiger partial charge in [0.25, 0.3) is 5.91 Å². The average molecular weight is 311 g/mol. The summed E-state index contributed by atoms with van der Waals surface area (Å²) in [4.78, 5) is 11.2. The Bertz CT molecular complexity index is 528. The molecule has 1 aliphatic carbocycles. The van der Waals surface area contributed by atoms with Crippen molar-refractivity contribution in [3.05, 3.63) is 41.2 Å². The van der Waals surface area contributed by atoms with Crippen molar-refractivity contribution in [3.63, 3.8) is 0 Å². The van der Waals surface area contributed by atoms with E-state index in [0.717, 1.165) is 30.7 Å². The van der Waals surface area contributed by atoms with Gasteiger partial charge >= 0.3 is 0 Å². The molecular weight excluding hydrogens is 292 g/mol. The van der Waals surface area contributed by atoms with Crippen molar-refractivity contribution in [2.24, 2.45) is 0 Å². The highest BCUT2D eigenvalue weighted by Gasteiger charge is 2.19. The second kappa shape index (κ2) is 7.33. The van der Waals surface area contributed by atoms with Crippen LogP contribution in [0.25, 0.3) is 0 Å². The number of allylic oxidation sites excluding steroid dienone is 1. The summed E-state index contributed by atoms with van der Waals surface area (Å²) in [6.45, 7) is 0.665. The van der Waals surface area contributed by atoms with Gasteiger partial charge in [-0.25, -0.2) is 5.48 Å². The van der Waals surface area contributed by atoms with Gasteiger partial charge in [-0.05, 0) is 42.7 Å². The molecular formula is C15H19ClN2O3. The summed E-state index contributed by atoms with van der Waals surface area (Å²) in [5, 5.41) is 12.0. The molecule has 2 rings (SSSR count). The molecule has 1 amide bonds. The van der Waals surface area contributed by atoms with Gasteiger partial charge in [0.15, 0.2) is 0 Å². The molecule has 0 aliphatic heterocycles. The van der Waals surface area contributed by atoms with Crippen LogP contribution in [0.2, 0.25) is 0 Å². The Balaban J connectivity index is 1.99. The zero-order valence-corrected chi connectivity index (χ0v) is 12.6. The van der Waals surface area contributed by atoms with Gasteiger partial charge in [-0.15, -0.1) is 11.6 Å². The molecule has 114 valence electrons. The van der Waals surface area contributed by atoms with Crippen molar-refractivity contribution < 1.29 is 14.7 Å². The fraction of sp³-hybridized carbons (Fsp3) is 0.400. The molecule has 5 nitrogen and oxygen atoms in total. The first-order valence-corrected chi connectivity index (χ1v) is 7.25. The van der Waals surface area contributed by atoms with Gasteiger partial charge < -0.3 is 10.1 Å². The maximum Gasteiger partial charge on any atom is 0.274 e. The zero-order valence-electron chi connectivity index (χ0n) is 11.9. The molecule has 1 aromatic carbocycles. The number of hydrogen-bond acceptors (Lipinski definition) is 4. The molecule has 0 saturated heterocycles. The van der Waals surface area contributed by atoms with Crippen LogP contribution in [0.1, 0.15) is 29.6 Å². The molecule has 3 N–H and O–H groups in total. The minimum absolute atomic E-state index is 0.163. The minimum Gasteiger partial charge on any atom is -0.501 e. The van der Waals surface area contributed by atoms with E-state index in [0.29, 0.717) is 12.1 Å². The van der Waals surface area contributed by atoms with Crippen LogP contribution in [0.15, 0.2) is 35.6 Å². The molecule has 1 atom stereocenters. The predicted molar refractivity (Wildman–Crippen MR) is 81.7 cm³/mol. The van der Waals surface area contributed by atoms with E-state index in [1.54, 1.807) is 36.9 Å². The molecule has 0 bridgehead atoms. The number of amides is 1. The molecule has 0 radical (unpaired) electrons. The highest BCUT2D eigenvalue weighted by molar-refractivity contribution is 6.20. The number of halogens is 1. The Morgan fingerprint density at radius 3 is 2.76 bits per heavy atom. The third-order valence-corrected chi connectivity index (χ3v) is 3.92. The van der Waals surface area contributed by atoms with Gasteiger partial charge in [0.1, 0.15) is 0 Å². The van der Waals surface area contributed by atoms with Crippen molar-refractivity contribution >= 4 is 23.2 Å². The number of benzene rings is 1. The van der Waals surface area contributed by atoms with Crippen LogP contribution in [0, 0.1) is 0 Å². The predicted octanol–water partition coefficient (Wildman–Crippen LogP) is 2.91. The number of methoxy groups -OCH3 is 1. The first-order chi connectivity index (χ1) is 10.1. The normalized spacial score (nSPS) is 18.3. The number of carbonyl (C=O) groups excluding carboxylic acids is 1. The van der Waals surface area contributed by atoms with Crippen molar-refractivity contribution in [1.29, 1.82) is 0 Å². The van der Waals surface area contributed by atoms with Crippen LogP contribution >= 0.6 is 11.6 Å². The van der Waals surface area contributed by atoms with E-state index in [4.69, 9.17) is 21.5 Å². The van der Waals surface area contributed by atoms with Gasteiger partial charge in [-0.2, -0.15) is 0 Å². The smallest absolute Gasteiger partial charge is 0.274 e. The summed E-state index contributed by atoms with van der Waals surface area (Å²) < 4.78 is 5.41. The number of ether oxygens (including phenoxy) is 1. The summed E-state index contributed by atoms with van der Waals surface area (Å²) in [7, 11) is 1.69. The Morgan fingerprint density at radius 2 is 2.14 bits per heavy atom. The third-order valence-electron chi connectivity index (χ3n) is 3.55. The highest BCUT2D eigenvalue weighted by Crippen LogP contribution is 2.29. The number of carbonyl (C=O) groups is 1. The second-order valence-electron chi connectivity index (χ2n) is 4.94. The SMILES string of the molecule is COC1=C(CNc2ccc(C(=O)NO)cc2)CC(Cl)CC1. The quantitative estimate of drug-likeness (QED) is 0.444. The van der Waals surface area contributed by atoms with E-state index in [1.807, 2.05) is 0 Å². The van der Waals surface area contributed by atoms with Crippen LogP contribution in [-0.4, -0.2) is 30.1 Å². The average Bonchev–Trinajstić information content (AvgIpc) is 2.52. The molecule has 0 aromatic heterocycles. The molecule has 0 fully saturated rings. The Hall–Kier alpha value is -1.72. The van der Waals surface area contributed by atoms with E-state index < -0.39 is 5.91 Å². The zero-order chi connectivity index (χ0) is 15.2. The number of nitrogens with one attached hydrogen (secondary N) is 2. The van der Waals surface area contributed by atoms with Crippen LogP contribution in [0.5, 0.6) is 0 Å². The van der Waals surface area contributed by atoms with Gasteiger partial charge in [0, 0.05) is 29.6 Å². The number of anilines is 1. The van der Waals surface area contributed by atoms with Gasteiger partial charge in [-0.3, -0.25) is 10.0 Å².